The van der Waals surface area contributed by atoms with Crippen molar-refractivity contribution in [2.45, 2.75) is 52.9 Å². The van der Waals surface area contributed by atoms with Crippen molar-refractivity contribution in [3.8, 4) is 0 Å². The fraction of sp³-hybridized carbons (Fsp3) is 0.440. The van der Waals surface area contributed by atoms with Crippen molar-refractivity contribution in [2.75, 3.05) is 24.5 Å². The van der Waals surface area contributed by atoms with E-state index in [4.69, 9.17) is 9.47 Å². The molecule has 1 aliphatic heterocycles. The van der Waals surface area contributed by atoms with Crippen LogP contribution in [0.3, 0.4) is 0 Å². The van der Waals surface area contributed by atoms with E-state index in [-0.39, 0.29) is 24.7 Å². The number of benzene rings is 2. The summed E-state index contributed by atoms with van der Waals surface area (Å²) in [5, 5.41) is 0. The number of piperazine rings is 1. The number of hydrogen-bond acceptors (Lipinski definition) is 5. The molecular formula is C25H32N2O4. The zero-order valence-corrected chi connectivity index (χ0v) is 19.1. The first-order valence-electron chi connectivity index (χ1n) is 10.7. The van der Waals surface area contributed by atoms with Gasteiger partial charge < -0.3 is 19.3 Å². The molecule has 3 rings (SSSR count). The van der Waals surface area contributed by atoms with Gasteiger partial charge in [0.2, 0.25) is 0 Å². The highest BCUT2D eigenvalue weighted by atomic mass is 16.6. The number of hydrogen-bond donors (Lipinski definition) is 0. The molecule has 6 nitrogen and oxygen atoms in total. The van der Waals surface area contributed by atoms with E-state index in [1.807, 2.05) is 76.2 Å². The average Bonchev–Trinajstić information content (AvgIpc) is 2.72. The molecule has 1 fully saturated rings. The number of carbonyl (C=O) groups is 2. The summed E-state index contributed by atoms with van der Waals surface area (Å²) in [5.74, 6) is -0.330. The van der Waals surface area contributed by atoms with E-state index in [0.29, 0.717) is 25.2 Å². The lowest BCUT2D eigenvalue weighted by Gasteiger charge is -2.41. The van der Waals surface area contributed by atoms with Gasteiger partial charge in [0.1, 0.15) is 12.2 Å². The molecule has 0 spiro atoms. The number of esters is 1. The van der Waals surface area contributed by atoms with Gasteiger partial charge in [-0.2, -0.15) is 0 Å². The molecule has 1 heterocycles. The Balaban J connectivity index is 1.67. The predicted octanol–water partition coefficient (Wildman–Crippen LogP) is 4.80. The van der Waals surface area contributed by atoms with Gasteiger partial charge in [-0.3, -0.25) is 0 Å². The molecule has 0 N–H and O–H groups in total. The Morgan fingerprint density at radius 1 is 1.06 bits per heavy atom. The summed E-state index contributed by atoms with van der Waals surface area (Å²) in [5.41, 5.74) is 2.84. The normalized spacial score (nSPS) is 16.7. The quantitative estimate of drug-likeness (QED) is 0.660. The van der Waals surface area contributed by atoms with E-state index in [1.165, 1.54) is 0 Å². The predicted molar refractivity (Wildman–Crippen MR) is 121 cm³/mol. The smallest absolute Gasteiger partial charge is 0.410 e. The maximum atomic E-state index is 12.7. The second-order valence-electron chi connectivity index (χ2n) is 9.03. The Labute approximate surface area is 184 Å². The van der Waals surface area contributed by atoms with E-state index in [9.17, 15) is 9.59 Å². The zero-order valence-electron chi connectivity index (χ0n) is 19.1. The van der Waals surface area contributed by atoms with Gasteiger partial charge in [0, 0.05) is 31.4 Å². The molecule has 1 amide bonds. The molecule has 2 aromatic rings. The van der Waals surface area contributed by atoms with Crippen molar-refractivity contribution in [3.05, 3.63) is 65.2 Å². The van der Waals surface area contributed by atoms with Crippen LogP contribution >= 0.6 is 0 Å². The second-order valence-corrected chi connectivity index (χ2v) is 9.03. The van der Waals surface area contributed by atoms with Gasteiger partial charge in [0.05, 0.1) is 5.56 Å². The number of carbonyl (C=O) groups excluding carboxylic acids is 2. The first-order chi connectivity index (χ1) is 14.6. The van der Waals surface area contributed by atoms with Crippen molar-refractivity contribution in [3.63, 3.8) is 0 Å². The molecule has 1 atom stereocenters. The number of rotatable bonds is 4. The standard InChI is InChI=1S/C25H32N2O4/c1-18-11-12-21(15-22(18)23(28)30-17-20-9-7-6-8-10-20)27-14-13-26(16-19(27)2)24(29)31-25(3,4)5/h6-12,15,19H,13-14,16-17H2,1-5H3. The van der Waals surface area contributed by atoms with E-state index < -0.39 is 5.60 Å². The largest absolute Gasteiger partial charge is 0.457 e. The van der Waals surface area contributed by atoms with Crippen LogP contribution in [0.4, 0.5) is 10.5 Å². The minimum absolute atomic E-state index is 0.0946. The highest BCUT2D eigenvalue weighted by Gasteiger charge is 2.30. The lowest BCUT2D eigenvalue weighted by molar-refractivity contribution is 0.0218. The van der Waals surface area contributed by atoms with Crippen LogP contribution in [-0.4, -0.2) is 48.2 Å². The Morgan fingerprint density at radius 2 is 1.77 bits per heavy atom. The molecule has 1 saturated heterocycles. The van der Waals surface area contributed by atoms with Crippen LogP contribution in [0.1, 0.15) is 49.2 Å². The second kappa shape index (κ2) is 9.41. The molecule has 166 valence electrons. The van der Waals surface area contributed by atoms with E-state index >= 15 is 0 Å². The number of ether oxygens (including phenoxy) is 2. The van der Waals surface area contributed by atoms with Crippen LogP contribution in [0.5, 0.6) is 0 Å². The molecule has 31 heavy (non-hydrogen) atoms. The number of nitrogens with zero attached hydrogens (tertiary/aromatic N) is 2. The molecular weight excluding hydrogens is 392 g/mol. The number of amides is 1. The summed E-state index contributed by atoms with van der Waals surface area (Å²) < 4.78 is 11.0. The molecule has 0 radical (unpaired) electrons. The average molecular weight is 425 g/mol. The van der Waals surface area contributed by atoms with Gasteiger partial charge in [-0.1, -0.05) is 36.4 Å². The number of anilines is 1. The van der Waals surface area contributed by atoms with Crippen LogP contribution in [0.25, 0.3) is 0 Å². The molecule has 0 aromatic heterocycles. The van der Waals surface area contributed by atoms with Crippen molar-refractivity contribution in [2.24, 2.45) is 0 Å². The Morgan fingerprint density at radius 3 is 2.42 bits per heavy atom. The maximum absolute atomic E-state index is 12.7. The van der Waals surface area contributed by atoms with Crippen molar-refractivity contribution in [1.29, 1.82) is 0 Å². The van der Waals surface area contributed by atoms with Crippen LogP contribution in [0, 0.1) is 6.92 Å². The molecule has 1 unspecified atom stereocenters. The first-order valence-corrected chi connectivity index (χ1v) is 10.7. The minimum Gasteiger partial charge on any atom is -0.457 e. The third-order valence-electron chi connectivity index (χ3n) is 5.26. The summed E-state index contributed by atoms with van der Waals surface area (Å²) in [7, 11) is 0. The zero-order chi connectivity index (χ0) is 22.6. The van der Waals surface area contributed by atoms with Gasteiger partial charge in [-0.25, -0.2) is 9.59 Å². The third kappa shape index (κ3) is 6.00. The monoisotopic (exact) mass is 424 g/mol. The molecule has 6 heteroatoms. The van der Waals surface area contributed by atoms with Crippen molar-refractivity contribution >= 4 is 17.7 Å². The summed E-state index contributed by atoms with van der Waals surface area (Å²) in [6.07, 6.45) is -0.284. The lowest BCUT2D eigenvalue weighted by Crippen LogP contribution is -2.54. The molecule has 0 saturated carbocycles. The van der Waals surface area contributed by atoms with Gasteiger partial charge in [-0.15, -0.1) is 0 Å². The van der Waals surface area contributed by atoms with Gasteiger partial charge in [0.25, 0.3) is 0 Å². The topological polar surface area (TPSA) is 59.1 Å². The summed E-state index contributed by atoms with van der Waals surface area (Å²) >= 11 is 0. The van der Waals surface area contributed by atoms with Gasteiger partial charge in [0.15, 0.2) is 0 Å². The summed E-state index contributed by atoms with van der Waals surface area (Å²) in [4.78, 5) is 29.1. The Hall–Kier alpha value is -3.02. The SMILES string of the molecule is Cc1ccc(N2CCN(C(=O)OC(C)(C)C)CC2C)cc1C(=O)OCc1ccccc1. The first kappa shape index (κ1) is 22.7. The Kier molecular flexibility index (Phi) is 6.88. The van der Waals surface area contributed by atoms with Crippen LogP contribution in [-0.2, 0) is 16.1 Å². The van der Waals surface area contributed by atoms with Crippen molar-refractivity contribution < 1.29 is 19.1 Å². The van der Waals surface area contributed by atoms with Crippen molar-refractivity contribution in [1.82, 2.24) is 4.90 Å². The molecule has 0 bridgehead atoms. The van der Waals surface area contributed by atoms with Crippen LogP contribution < -0.4 is 4.90 Å². The summed E-state index contributed by atoms with van der Waals surface area (Å²) in [6, 6.07) is 15.6. The lowest BCUT2D eigenvalue weighted by atomic mass is 10.1. The molecule has 0 aliphatic carbocycles. The number of aryl methyl sites for hydroxylation is 1. The van der Waals surface area contributed by atoms with Gasteiger partial charge in [-0.05, 0) is 57.9 Å². The highest BCUT2D eigenvalue weighted by molar-refractivity contribution is 5.92. The van der Waals surface area contributed by atoms with Gasteiger partial charge >= 0.3 is 12.1 Å². The fourth-order valence-electron chi connectivity index (χ4n) is 3.64. The minimum atomic E-state index is -0.510. The van der Waals surface area contributed by atoms with E-state index in [0.717, 1.165) is 16.8 Å². The van der Waals surface area contributed by atoms with Crippen LogP contribution in [0.15, 0.2) is 48.5 Å². The fourth-order valence-corrected chi connectivity index (χ4v) is 3.64. The maximum Gasteiger partial charge on any atom is 0.410 e. The summed E-state index contributed by atoms with van der Waals surface area (Å²) in [6.45, 7) is 11.6. The Bertz CT molecular complexity index is 921. The van der Waals surface area contributed by atoms with E-state index in [1.54, 1.807) is 4.90 Å². The van der Waals surface area contributed by atoms with Crippen LogP contribution in [0.2, 0.25) is 0 Å². The molecule has 2 aromatic carbocycles. The van der Waals surface area contributed by atoms with E-state index in [2.05, 4.69) is 11.8 Å². The third-order valence-corrected chi connectivity index (χ3v) is 5.26. The molecule has 1 aliphatic rings. The highest BCUT2D eigenvalue weighted by Crippen LogP contribution is 2.25.